The van der Waals surface area contributed by atoms with Crippen molar-refractivity contribution in [3.05, 3.63) is 96.2 Å². The molecule has 0 aliphatic carbocycles. The minimum atomic E-state index is -0.685. The molecule has 0 amide bonds. The van der Waals surface area contributed by atoms with Crippen LogP contribution in [0.25, 0.3) is 6.08 Å². The lowest BCUT2D eigenvalue weighted by Crippen LogP contribution is -2.39. The zero-order valence-corrected chi connectivity index (χ0v) is 18.3. The monoisotopic (exact) mass is 434 g/mol. The van der Waals surface area contributed by atoms with Crippen LogP contribution in [0.5, 0.6) is 5.75 Å². The van der Waals surface area contributed by atoms with Crippen molar-refractivity contribution >= 4 is 23.4 Å². The Kier molecular flexibility index (Phi) is 5.61. The second kappa shape index (κ2) is 8.35. The SMILES string of the molecule is CCOC(=O)C1=C(C)N=c2s/c(=C\c3cccc(C)c3)c(=O)n2C1c1ccc(O)cc1. The molecule has 1 atom stereocenters. The maximum Gasteiger partial charge on any atom is 0.338 e. The Morgan fingerprint density at radius 1 is 1.23 bits per heavy atom. The number of aromatic hydroxyl groups is 1. The molecule has 0 saturated heterocycles. The van der Waals surface area contributed by atoms with Crippen LogP contribution in [0.15, 0.2) is 69.6 Å². The Morgan fingerprint density at radius 3 is 2.65 bits per heavy atom. The number of hydrogen-bond acceptors (Lipinski definition) is 6. The van der Waals surface area contributed by atoms with Crippen LogP contribution in [0.4, 0.5) is 0 Å². The molecule has 0 bridgehead atoms. The first-order chi connectivity index (χ1) is 14.9. The molecule has 3 aromatic rings. The second-order valence-corrected chi connectivity index (χ2v) is 8.32. The first-order valence-corrected chi connectivity index (χ1v) is 10.8. The molecule has 4 rings (SSSR count). The average Bonchev–Trinajstić information content (AvgIpc) is 3.02. The lowest BCUT2D eigenvalue weighted by Gasteiger charge is -2.24. The maximum atomic E-state index is 13.4. The van der Waals surface area contributed by atoms with Gasteiger partial charge in [0.05, 0.1) is 28.5 Å². The summed E-state index contributed by atoms with van der Waals surface area (Å²) in [5, 5.41) is 9.71. The molecule has 2 aromatic carbocycles. The van der Waals surface area contributed by atoms with Crippen molar-refractivity contribution in [3.8, 4) is 5.75 Å². The molecule has 1 unspecified atom stereocenters. The first kappa shape index (κ1) is 20.8. The number of carbonyl (C=O) groups excluding carboxylic acids is 1. The number of aromatic nitrogens is 1. The van der Waals surface area contributed by atoms with Crippen molar-refractivity contribution in [3.63, 3.8) is 0 Å². The van der Waals surface area contributed by atoms with Gasteiger partial charge in [-0.05, 0) is 50.1 Å². The van der Waals surface area contributed by atoms with Crippen molar-refractivity contribution in [2.45, 2.75) is 26.8 Å². The minimum absolute atomic E-state index is 0.106. The third kappa shape index (κ3) is 3.96. The van der Waals surface area contributed by atoms with E-state index in [2.05, 4.69) is 4.99 Å². The summed E-state index contributed by atoms with van der Waals surface area (Å²) in [6.07, 6.45) is 1.84. The fourth-order valence-corrected chi connectivity index (χ4v) is 4.72. The molecule has 158 valence electrons. The Balaban J connectivity index is 1.96. The highest BCUT2D eigenvalue weighted by molar-refractivity contribution is 7.07. The third-order valence-electron chi connectivity index (χ3n) is 5.07. The predicted octanol–water partition coefficient (Wildman–Crippen LogP) is 2.81. The van der Waals surface area contributed by atoms with Gasteiger partial charge in [0.1, 0.15) is 5.75 Å². The molecule has 31 heavy (non-hydrogen) atoms. The number of phenols is 1. The largest absolute Gasteiger partial charge is 0.508 e. The van der Waals surface area contributed by atoms with Gasteiger partial charge in [-0.3, -0.25) is 9.36 Å². The predicted molar refractivity (Wildman–Crippen MR) is 120 cm³/mol. The van der Waals surface area contributed by atoms with Crippen LogP contribution in [0, 0.1) is 6.92 Å². The van der Waals surface area contributed by atoms with Crippen LogP contribution in [0.3, 0.4) is 0 Å². The number of rotatable bonds is 4. The van der Waals surface area contributed by atoms with E-state index in [-0.39, 0.29) is 17.9 Å². The summed E-state index contributed by atoms with van der Waals surface area (Å²) >= 11 is 1.29. The van der Waals surface area contributed by atoms with Crippen molar-refractivity contribution in [2.75, 3.05) is 6.61 Å². The number of esters is 1. The summed E-state index contributed by atoms with van der Waals surface area (Å²) < 4.78 is 7.34. The summed E-state index contributed by atoms with van der Waals surface area (Å²) in [5.41, 5.74) is 3.33. The van der Waals surface area contributed by atoms with Gasteiger partial charge in [0.2, 0.25) is 0 Å². The molecular weight excluding hydrogens is 412 g/mol. The molecule has 2 heterocycles. The van der Waals surface area contributed by atoms with Crippen molar-refractivity contribution < 1.29 is 14.6 Å². The van der Waals surface area contributed by atoms with E-state index < -0.39 is 12.0 Å². The third-order valence-corrected chi connectivity index (χ3v) is 6.05. The molecular formula is C24H22N2O4S. The van der Waals surface area contributed by atoms with Gasteiger partial charge in [-0.1, -0.05) is 53.3 Å². The topological polar surface area (TPSA) is 80.9 Å². The highest BCUT2D eigenvalue weighted by Gasteiger charge is 2.33. The molecule has 6 nitrogen and oxygen atoms in total. The van der Waals surface area contributed by atoms with Gasteiger partial charge in [0.15, 0.2) is 4.80 Å². The molecule has 1 aromatic heterocycles. The van der Waals surface area contributed by atoms with E-state index in [4.69, 9.17) is 4.74 Å². The summed E-state index contributed by atoms with van der Waals surface area (Å²) in [4.78, 5) is 31.3. The average molecular weight is 435 g/mol. The van der Waals surface area contributed by atoms with E-state index in [0.29, 0.717) is 26.2 Å². The van der Waals surface area contributed by atoms with E-state index in [1.807, 2.05) is 37.3 Å². The van der Waals surface area contributed by atoms with Crippen LogP contribution >= 0.6 is 11.3 Å². The normalized spacial score (nSPS) is 16.1. The number of aryl methyl sites for hydroxylation is 1. The Labute approximate surface area is 183 Å². The number of allylic oxidation sites excluding steroid dienone is 1. The van der Waals surface area contributed by atoms with Crippen LogP contribution in [-0.2, 0) is 9.53 Å². The Hall–Kier alpha value is -3.45. The highest BCUT2D eigenvalue weighted by Crippen LogP contribution is 2.31. The summed E-state index contributed by atoms with van der Waals surface area (Å²) in [5.74, 6) is -0.399. The number of thiazole rings is 1. The molecule has 1 aliphatic rings. The zero-order valence-electron chi connectivity index (χ0n) is 17.5. The molecule has 0 spiro atoms. The molecule has 7 heteroatoms. The fourth-order valence-electron chi connectivity index (χ4n) is 3.67. The number of benzene rings is 2. The van der Waals surface area contributed by atoms with Gasteiger partial charge < -0.3 is 9.84 Å². The van der Waals surface area contributed by atoms with E-state index in [1.165, 1.54) is 28.0 Å². The van der Waals surface area contributed by atoms with Gasteiger partial charge >= 0.3 is 5.97 Å². The fraction of sp³-hybridized carbons (Fsp3) is 0.208. The van der Waals surface area contributed by atoms with Crippen LogP contribution in [-0.4, -0.2) is 22.2 Å². The van der Waals surface area contributed by atoms with Gasteiger partial charge in [-0.25, -0.2) is 9.79 Å². The van der Waals surface area contributed by atoms with Gasteiger partial charge in [-0.15, -0.1) is 0 Å². The number of carbonyl (C=O) groups is 1. The smallest absolute Gasteiger partial charge is 0.338 e. The molecule has 1 aliphatic heterocycles. The van der Waals surface area contributed by atoms with Gasteiger partial charge in [0, 0.05) is 0 Å². The standard InChI is InChI=1S/C24H22N2O4S/c1-4-30-23(29)20-15(3)25-24-26(21(20)17-8-10-18(27)11-9-17)22(28)19(31-24)13-16-7-5-6-14(2)12-16/h5-13,21,27H,4H2,1-3H3/b19-13-. The van der Waals surface area contributed by atoms with Crippen LogP contribution in [0.1, 0.15) is 36.6 Å². The van der Waals surface area contributed by atoms with Crippen molar-refractivity contribution in [2.24, 2.45) is 4.99 Å². The highest BCUT2D eigenvalue weighted by atomic mass is 32.1. The number of hydrogen-bond donors (Lipinski definition) is 1. The molecule has 1 N–H and O–H groups in total. The van der Waals surface area contributed by atoms with Crippen LogP contribution < -0.4 is 14.9 Å². The van der Waals surface area contributed by atoms with Crippen molar-refractivity contribution in [1.82, 2.24) is 4.57 Å². The minimum Gasteiger partial charge on any atom is -0.508 e. The van der Waals surface area contributed by atoms with Crippen molar-refractivity contribution in [1.29, 1.82) is 0 Å². The van der Waals surface area contributed by atoms with Crippen LogP contribution in [0.2, 0.25) is 0 Å². The Bertz CT molecular complexity index is 1360. The summed E-state index contributed by atoms with van der Waals surface area (Å²) in [6, 6.07) is 13.7. The first-order valence-electron chi connectivity index (χ1n) is 9.94. The van der Waals surface area contributed by atoms with E-state index in [1.54, 1.807) is 26.0 Å². The summed E-state index contributed by atoms with van der Waals surface area (Å²) in [7, 11) is 0. The van der Waals surface area contributed by atoms with E-state index in [0.717, 1.165) is 11.1 Å². The molecule has 0 radical (unpaired) electrons. The number of fused-ring (bicyclic) bond motifs is 1. The van der Waals surface area contributed by atoms with E-state index in [9.17, 15) is 14.7 Å². The zero-order chi connectivity index (χ0) is 22.1. The maximum absolute atomic E-state index is 13.4. The lowest BCUT2D eigenvalue weighted by atomic mass is 9.96. The summed E-state index contributed by atoms with van der Waals surface area (Å²) in [6.45, 7) is 5.70. The van der Waals surface area contributed by atoms with E-state index >= 15 is 0 Å². The quantitative estimate of drug-likeness (QED) is 0.641. The second-order valence-electron chi connectivity index (χ2n) is 7.31. The number of phenolic OH excluding ortho intramolecular Hbond substituents is 1. The molecule has 0 saturated carbocycles. The number of nitrogens with zero attached hydrogens (tertiary/aromatic N) is 2. The lowest BCUT2D eigenvalue weighted by molar-refractivity contribution is -0.139. The number of ether oxygens (including phenoxy) is 1. The van der Waals surface area contributed by atoms with Gasteiger partial charge in [-0.2, -0.15) is 0 Å². The van der Waals surface area contributed by atoms with Gasteiger partial charge in [0.25, 0.3) is 5.56 Å². The molecule has 0 fully saturated rings. The Morgan fingerprint density at radius 2 is 1.97 bits per heavy atom.